The van der Waals surface area contributed by atoms with Crippen LogP contribution in [0.5, 0.6) is 0 Å². The van der Waals surface area contributed by atoms with Crippen LogP contribution >= 0.6 is 0 Å². The van der Waals surface area contributed by atoms with Gasteiger partial charge in [0.05, 0.1) is 6.61 Å². The third-order valence-corrected chi connectivity index (χ3v) is 1.30. The van der Waals surface area contributed by atoms with Crippen LogP contribution in [0.4, 0.5) is 0 Å². The summed E-state index contributed by atoms with van der Waals surface area (Å²) in [5, 5.41) is 8.70. The monoisotopic (exact) mass is 177 g/mol. The minimum absolute atomic E-state index is 0.169. The average Bonchev–Trinajstić information content (AvgIpc) is 2.01. The van der Waals surface area contributed by atoms with Gasteiger partial charge in [-0.15, -0.1) is 0 Å². The van der Waals surface area contributed by atoms with Crippen LogP contribution in [0.25, 0.3) is 0 Å². The molecule has 0 fully saturated rings. The highest BCUT2D eigenvalue weighted by molar-refractivity contribution is 5.75. The van der Waals surface area contributed by atoms with Crippen molar-refractivity contribution in [3.05, 3.63) is 0 Å². The van der Waals surface area contributed by atoms with Crippen molar-refractivity contribution in [3.8, 4) is 0 Å². The molecule has 1 atom stereocenters. The summed E-state index contributed by atoms with van der Waals surface area (Å²) in [5.74, 6) is -2.70. The number of hydrogen-bond donors (Lipinski definition) is 2. The van der Waals surface area contributed by atoms with Gasteiger partial charge in [0.1, 0.15) is 0 Å². The molecule has 12 heavy (non-hydrogen) atoms. The van der Waals surface area contributed by atoms with E-state index in [1.54, 1.807) is 6.92 Å². The van der Waals surface area contributed by atoms with Crippen LogP contribution in [0, 0.1) is 0 Å². The predicted octanol–water partition coefficient (Wildman–Crippen LogP) is -0.201. The van der Waals surface area contributed by atoms with Crippen LogP contribution in [0.15, 0.2) is 0 Å². The molecule has 5 nitrogen and oxygen atoms in total. The van der Waals surface area contributed by atoms with E-state index in [1.807, 2.05) is 0 Å². The molecule has 0 heterocycles. The fourth-order valence-corrected chi connectivity index (χ4v) is 0.694. The molecular formula is C7H15NO4. The fraction of sp³-hybridized carbons (Fsp3) is 0.857. The van der Waals surface area contributed by atoms with Gasteiger partial charge < -0.3 is 20.3 Å². The second kappa shape index (κ2) is 5.08. The van der Waals surface area contributed by atoms with Gasteiger partial charge in [-0.1, -0.05) is 0 Å². The molecule has 0 amide bonds. The molecule has 0 rings (SSSR count). The third kappa shape index (κ3) is 3.17. The molecule has 1 unspecified atom stereocenters. The summed E-state index contributed by atoms with van der Waals surface area (Å²) < 4.78 is 9.85. The number of carboxylic acids is 1. The summed E-state index contributed by atoms with van der Waals surface area (Å²) in [6.45, 7) is 3.79. The van der Waals surface area contributed by atoms with Gasteiger partial charge in [-0.05, 0) is 6.92 Å². The first-order chi connectivity index (χ1) is 5.56. The lowest BCUT2D eigenvalue weighted by molar-refractivity contribution is -0.233. The summed E-state index contributed by atoms with van der Waals surface area (Å²) in [4.78, 5) is 10.6. The zero-order valence-corrected chi connectivity index (χ0v) is 7.37. The van der Waals surface area contributed by atoms with E-state index in [0.717, 1.165) is 0 Å². The highest BCUT2D eigenvalue weighted by Crippen LogP contribution is 2.11. The van der Waals surface area contributed by atoms with Gasteiger partial charge >= 0.3 is 5.97 Å². The highest BCUT2D eigenvalue weighted by atomic mass is 16.7. The van der Waals surface area contributed by atoms with Crippen molar-refractivity contribution in [2.45, 2.75) is 19.6 Å². The van der Waals surface area contributed by atoms with E-state index in [-0.39, 0.29) is 19.8 Å². The van der Waals surface area contributed by atoms with Crippen LogP contribution in [0.3, 0.4) is 0 Å². The van der Waals surface area contributed by atoms with Crippen LogP contribution in [-0.4, -0.2) is 36.6 Å². The number of hydrogen-bond acceptors (Lipinski definition) is 4. The Bertz CT molecular complexity index is 150. The second-order valence-electron chi connectivity index (χ2n) is 2.32. The van der Waals surface area contributed by atoms with E-state index in [2.05, 4.69) is 0 Å². The van der Waals surface area contributed by atoms with Crippen LogP contribution < -0.4 is 5.73 Å². The van der Waals surface area contributed by atoms with Crippen molar-refractivity contribution < 1.29 is 19.4 Å². The lowest BCUT2D eigenvalue weighted by Gasteiger charge is -2.24. The molecule has 0 aliphatic rings. The zero-order chi connectivity index (χ0) is 9.61. The first kappa shape index (κ1) is 11.4. The largest absolute Gasteiger partial charge is 0.477 e. The maximum atomic E-state index is 10.6. The number of rotatable bonds is 6. The Balaban J connectivity index is 4.08. The Hall–Kier alpha value is -0.650. The maximum Gasteiger partial charge on any atom is 0.364 e. The highest BCUT2D eigenvalue weighted by Gasteiger charge is 2.34. The minimum Gasteiger partial charge on any atom is -0.477 e. The molecule has 0 saturated carbocycles. The van der Waals surface area contributed by atoms with E-state index in [1.165, 1.54) is 6.92 Å². The van der Waals surface area contributed by atoms with E-state index < -0.39 is 11.8 Å². The Kier molecular flexibility index (Phi) is 4.80. The molecule has 0 spiro atoms. The van der Waals surface area contributed by atoms with Crippen molar-refractivity contribution in [1.29, 1.82) is 0 Å². The van der Waals surface area contributed by atoms with Crippen LogP contribution in [-0.2, 0) is 14.3 Å². The average molecular weight is 177 g/mol. The van der Waals surface area contributed by atoms with Gasteiger partial charge in [0, 0.05) is 20.1 Å². The summed E-state index contributed by atoms with van der Waals surface area (Å²) in [5.41, 5.74) is 5.16. The SMILES string of the molecule is CCOC(C)(OCCN)C(=O)O. The van der Waals surface area contributed by atoms with E-state index in [4.69, 9.17) is 20.3 Å². The zero-order valence-electron chi connectivity index (χ0n) is 7.37. The molecular weight excluding hydrogens is 162 g/mol. The van der Waals surface area contributed by atoms with Crippen LogP contribution in [0.1, 0.15) is 13.8 Å². The van der Waals surface area contributed by atoms with Crippen LogP contribution in [0.2, 0.25) is 0 Å². The van der Waals surface area contributed by atoms with E-state index in [9.17, 15) is 4.79 Å². The van der Waals surface area contributed by atoms with Gasteiger partial charge in [-0.2, -0.15) is 0 Å². The molecule has 0 aliphatic heterocycles. The molecule has 5 heteroatoms. The summed E-state index contributed by atoms with van der Waals surface area (Å²) in [7, 11) is 0. The van der Waals surface area contributed by atoms with Gasteiger partial charge in [-0.25, -0.2) is 4.79 Å². The van der Waals surface area contributed by atoms with Gasteiger partial charge in [-0.3, -0.25) is 0 Å². The van der Waals surface area contributed by atoms with Gasteiger partial charge in [0.25, 0.3) is 5.79 Å². The lowest BCUT2D eigenvalue weighted by atomic mass is 10.3. The predicted molar refractivity (Wildman–Crippen MR) is 42.7 cm³/mol. The number of carbonyl (C=O) groups is 1. The first-order valence-corrected chi connectivity index (χ1v) is 3.78. The van der Waals surface area contributed by atoms with E-state index in [0.29, 0.717) is 0 Å². The van der Waals surface area contributed by atoms with Gasteiger partial charge in [0.15, 0.2) is 0 Å². The molecule has 72 valence electrons. The fourth-order valence-electron chi connectivity index (χ4n) is 0.694. The number of aliphatic carboxylic acids is 1. The minimum atomic E-state index is -1.56. The van der Waals surface area contributed by atoms with Crippen molar-refractivity contribution in [1.82, 2.24) is 0 Å². The molecule has 0 radical (unpaired) electrons. The first-order valence-electron chi connectivity index (χ1n) is 3.78. The number of carboxylic acid groups (broad SMARTS) is 1. The molecule has 0 aromatic heterocycles. The third-order valence-electron chi connectivity index (χ3n) is 1.30. The maximum absolute atomic E-state index is 10.6. The molecule has 0 aliphatic carbocycles. The number of ether oxygens (including phenoxy) is 2. The van der Waals surface area contributed by atoms with Gasteiger partial charge in [0.2, 0.25) is 0 Å². The number of nitrogens with two attached hydrogens (primary N) is 1. The Morgan fingerprint density at radius 3 is 2.50 bits per heavy atom. The summed E-state index contributed by atoms with van der Waals surface area (Å²) in [6.07, 6.45) is 0. The Morgan fingerprint density at radius 1 is 1.58 bits per heavy atom. The van der Waals surface area contributed by atoms with Crippen molar-refractivity contribution in [3.63, 3.8) is 0 Å². The molecule has 0 bridgehead atoms. The second-order valence-corrected chi connectivity index (χ2v) is 2.32. The smallest absolute Gasteiger partial charge is 0.364 e. The normalized spacial score (nSPS) is 15.6. The molecule has 0 aromatic rings. The molecule has 3 N–H and O–H groups in total. The quantitative estimate of drug-likeness (QED) is 0.549. The van der Waals surface area contributed by atoms with Crippen molar-refractivity contribution >= 4 is 5.97 Å². The van der Waals surface area contributed by atoms with Crippen molar-refractivity contribution in [2.24, 2.45) is 5.73 Å². The molecule has 0 aromatic carbocycles. The van der Waals surface area contributed by atoms with Crippen molar-refractivity contribution in [2.75, 3.05) is 19.8 Å². The molecule has 0 saturated heterocycles. The van der Waals surface area contributed by atoms with E-state index >= 15 is 0 Å². The lowest BCUT2D eigenvalue weighted by Crippen LogP contribution is -2.42. The Labute approximate surface area is 71.5 Å². The summed E-state index contributed by atoms with van der Waals surface area (Å²) in [6, 6.07) is 0. The Morgan fingerprint density at radius 2 is 2.17 bits per heavy atom. The summed E-state index contributed by atoms with van der Waals surface area (Å²) >= 11 is 0. The standard InChI is InChI=1S/C7H15NO4/c1-3-11-7(2,6(9)10)12-5-4-8/h3-5,8H2,1-2H3,(H,9,10). The topological polar surface area (TPSA) is 81.8 Å².